The van der Waals surface area contributed by atoms with Gasteiger partial charge in [-0.3, -0.25) is 9.36 Å². The average Bonchev–Trinajstić information content (AvgIpc) is 3.35. The second kappa shape index (κ2) is 6.17. The summed E-state index contributed by atoms with van der Waals surface area (Å²) in [6.45, 7) is 2.70. The second-order valence-corrected chi connectivity index (χ2v) is 5.73. The molecule has 0 fully saturated rings. The highest BCUT2D eigenvalue weighted by Crippen LogP contribution is 2.25. The summed E-state index contributed by atoms with van der Waals surface area (Å²) in [6.07, 6.45) is 5.27. The van der Waals surface area contributed by atoms with Crippen LogP contribution in [0.2, 0.25) is 0 Å². The number of aromatic nitrogens is 7. The predicted molar refractivity (Wildman–Crippen MR) is 90.4 cm³/mol. The van der Waals surface area contributed by atoms with Crippen LogP contribution in [-0.4, -0.2) is 34.3 Å². The number of nitrogens with zero attached hydrogens (tertiary/aromatic N) is 7. The Bertz CT molecular complexity index is 1080. The largest absolute Gasteiger partial charge is 0.274 e. The van der Waals surface area contributed by atoms with Crippen molar-refractivity contribution in [2.24, 2.45) is 7.05 Å². The summed E-state index contributed by atoms with van der Waals surface area (Å²) in [5, 5.41) is 13.1. The van der Waals surface area contributed by atoms with Gasteiger partial charge < -0.3 is 0 Å². The minimum absolute atomic E-state index is 0.272. The van der Waals surface area contributed by atoms with Crippen LogP contribution >= 0.6 is 0 Å². The number of halogens is 2. The van der Waals surface area contributed by atoms with E-state index in [9.17, 15) is 8.78 Å². The zero-order chi connectivity index (χ0) is 18.3. The molecule has 0 N–H and O–H groups in total. The molecule has 0 spiro atoms. The zero-order valence-electron chi connectivity index (χ0n) is 14.1. The highest BCUT2D eigenvalue weighted by molar-refractivity contribution is 5.61. The maximum atomic E-state index is 13.6. The Kier molecular flexibility index (Phi) is 3.83. The number of aryl methyl sites for hydroxylation is 2. The Hall–Kier alpha value is -3.36. The van der Waals surface area contributed by atoms with Crippen LogP contribution in [0.15, 0.2) is 42.9 Å². The molecule has 0 aliphatic carbocycles. The van der Waals surface area contributed by atoms with Crippen LogP contribution in [0.3, 0.4) is 0 Å². The first-order chi connectivity index (χ1) is 12.5. The number of benzene rings is 1. The maximum absolute atomic E-state index is 13.6. The van der Waals surface area contributed by atoms with Gasteiger partial charge in [0, 0.05) is 25.4 Å². The molecule has 4 rings (SSSR count). The highest BCUT2D eigenvalue weighted by atomic mass is 19.2. The van der Waals surface area contributed by atoms with Crippen molar-refractivity contribution in [3.8, 4) is 28.6 Å². The van der Waals surface area contributed by atoms with Crippen LogP contribution in [0.25, 0.3) is 28.6 Å². The Balaban J connectivity index is 1.88. The molecule has 3 aromatic heterocycles. The van der Waals surface area contributed by atoms with Gasteiger partial charge in [-0.1, -0.05) is 0 Å². The minimum Gasteiger partial charge on any atom is -0.274 e. The molecule has 132 valence electrons. The molecule has 0 bridgehead atoms. The van der Waals surface area contributed by atoms with Gasteiger partial charge >= 0.3 is 0 Å². The molecule has 0 unspecified atom stereocenters. The van der Waals surface area contributed by atoms with Gasteiger partial charge in [0.15, 0.2) is 23.3 Å². The molecule has 7 nitrogen and oxygen atoms in total. The predicted octanol–water partition coefficient (Wildman–Crippen LogP) is 2.83. The number of hydrogen-bond donors (Lipinski definition) is 0. The van der Waals surface area contributed by atoms with Crippen molar-refractivity contribution in [3.05, 3.63) is 54.5 Å². The van der Waals surface area contributed by atoms with Crippen LogP contribution < -0.4 is 0 Å². The summed E-state index contributed by atoms with van der Waals surface area (Å²) in [5.74, 6) is -1.10. The van der Waals surface area contributed by atoms with Crippen molar-refractivity contribution in [3.63, 3.8) is 0 Å². The molecule has 0 aliphatic rings. The lowest BCUT2D eigenvalue weighted by molar-refractivity contribution is 0.509. The van der Waals surface area contributed by atoms with Gasteiger partial charge in [0.05, 0.1) is 12.4 Å². The molecule has 0 saturated carbocycles. The van der Waals surface area contributed by atoms with E-state index in [1.807, 2.05) is 19.2 Å². The summed E-state index contributed by atoms with van der Waals surface area (Å²) in [5.41, 5.74) is 1.69. The molecule has 0 radical (unpaired) electrons. The van der Waals surface area contributed by atoms with E-state index in [-0.39, 0.29) is 5.82 Å². The van der Waals surface area contributed by atoms with E-state index in [1.165, 1.54) is 6.07 Å². The SMILES string of the molecule is CCn1ccc(-c2nc(-c3ccc(F)c(F)c3)nn2-c2cnn(C)c2)n1. The summed E-state index contributed by atoms with van der Waals surface area (Å²) in [4.78, 5) is 4.50. The van der Waals surface area contributed by atoms with E-state index in [0.29, 0.717) is 22.8 Å². The normalized spacial score (nSPS) is 11.2. The average molecular weight is 355 g/mol. The first-order valence-corrected chi connectivity index (χ1v) is 8.00. The van der Waals surface area contributed by atoms with E-state index in [2.05, 4.69) is 20.3 Å². The third-order valence-corrected chi connectivity index (χ3v) is 3.91. The van der Waals surface area contributed by atoms with E-state index in [0.717, 1.165) is 18.7 Å². The fraction of sp³-hybridized carbons (Fsp3) is 0.176. The van der Waals surface area contributed by atoms with Crippen molar-refractivity contribution in [2.45, 2.75) is 13.5 Å². The van der Waals surface area contributed by atoms with E-state index >= 15 is 0 Å². The van der Waals surface area contributed by atoms with Crippen molar-refractivity contribution in [1.82, 2.24) is 34.3 Å². The monoisotopic (exact) mass is 355 g/mol. The van der Waals surface area contributed by atoms with Gasteiger partial charge in [0.1, 0.15) is 11.4 Å². The van der Waals surface area contributed by atoms with Crippen LogP contribution in [-0.2, 0) is 13.6 Å². The number of hydrogen-bond acceptors (Lipinski definition) is 4. The standard InChI is InChI=1S/C17H15F2N7/c1-3-25-7-6-15(22-25)17-21-16(11-4-5-13(18)14(19)8-11)23-26(17)12-9-20-24(2)10-12/h4-10H,3H2,1-2H3. The smallest absolute Gasteiger partial charge is 0.184 e. The summed E-state index contributed by atoms with van der Waals surface area (Å²) in [7, 11) is 1.79. The van der Waals surface area contributed by atoms with Crippen LogP contribution in [0.5, 0.6) is 0 Å². The highest BCUT2D eigenvalue weighted by Gasteiger charge is 2.18. The van der Waals surface area contributed by atoms with Gasteiger partial charge in [0.2, 0.25) is 0 Å². The second-order valence-electron chi connectivity index (χ2n) is 5.73. The van der Waals surface area contributed by atoms with Crippen molar-refractivity contribution >= 4 is 0 Å². The van der Waals surface area contributed by atoms with Crippen LogP contribution in [0, 0.1) is 11.6 Å². The molecule has 4 aromatic rings. The molecule has 26 heavy (non-hydrogen) atoms. The quantitative estimate of drug-likeness (QED) is 0.565. The first kappa shape index (κ1) is 16.1. The summed E-state index contributed by atoms with van der Waals surface area (Å²) >= 11 is 0. The summed E-state index contributed by atoms with van der Waals surface area (Å²) in [6, 6.07) is 5.40. The van der Waals surface area contributed by atoms with E-state index in [1.54, 1.807) is 33.5 Å². The van der Waals surface area contributed by atoms with E-state index in [4.69, 9.17) is 0 Å². The van der Waals surface area contributed by atoms with E-state index < -0.39 is 11.6 Å². The van der Waals surface area contributed by atoms with Crippen molar-refractivity contribution in [2.75, 3.05) is 0 Å². The van der Waals surface area contributed by atoms with Crippen molar-refractivity contribution in [1.29, 1.82) is 0 Å². The Morgan fingerprint density at radius 3 is 2.58 bits per heavy atom. The molecular formula is C17H15F2N7. The van der Waals surface area contributed by atoms with Gasteiger partial charge in [-0.15, -0.1) is 5.10 Å². The molecular weight excluding hydrogens is 340 g/mol. The Morgan fingerprint density at radius 1 is 1.08 bits per heavy atom. The van der Waals surface area contributed by atoms with Crippen LogP contribution in [0.4, 0.5) is 8.78 Å². The molecule has 9 heteroatoms. The topological polar surface area (TPSA) is 66.3 Å². The molecule has 1 aromatic carbocycles. The van der Waals surface area contributed by atoms with Gasteiger partial charge in [0.25, 0.3) is 0 Å². The van der Waals surface area contributed by atoms with Gasteiger partial charge in [-0.25, -0.2) is 18.4 Å². The molecule has 0 amide bonds. The lowest BCUT2D eigenvalue weighted by Crippen LogP contribution is -2.00. The third-order valence-electron chi connectivity index (χ3n) is 3.91. The first-order valence-electron chi connectivity index (χ1n) is 8.00. The lowest BCUT2D eigenvalue weighted by Gasteiger charge is -2.00. The Labute approximate surface area is 147 Å². The fourth-order valence-electron chi connectivity index (χ4n) is 2.59. The maximum Gasteiger partial charge on any atom is 0.184 e. The van der Waals surface area contributed by atoms with Gasteiger partial charge in [-0.05, 0) is 31.2 Å². The third kappa shape index (κ3) is 2.77. The fourth-order valence-corrected chi connectivity index (χ4v) is 2.59. The minimum atomic E-state index is -0.947. The van der Waals surface area contributed by atoms with Crippen LogP contribution in [0.1, 0.15) is 6.92 Å². The van der Waals surface area contributed by atoms with Crippen molar-refractivity contribution < 1.29 is 8.78 Å². The molecule has 3 heterocycles. The molecule has 0 saturated heterocycles. The van der Waals surface area contributed by atoms with Gasteiger partial charge in [-0.2, -0.15) is 10.2 Å². The zero-order valence-corrected chi connectivity index (χ0v) is 14.1. The lowest BCUT2D eigenvalue weighted by atomic mass is 10.2. The molecule has 0 aliphatic heterocycles. The number of rotatable bonds is 4. The Morgan fingerprint density at radius 2 is 1.92 bits per heavy atom. The summed E-state index contributed by atoms with van der Waals surface area (Å²) < 4.78 is 31.8. The molecule has 0 atom stereocenters.